The van der Waals surface area contributed by atoms with Crippen molar-refractivity contribution in [2.24, 2.45) is 5.73 Å². The Kier molecular flexibility index (Phi) is 6.71. The molecular formula is C17H17N3O4S4. The average molecular weight is 456 g/mol. The van der Waals surface area contributed by atoms with Crippen molar-refractivity contribution in [1.82, 2.24) is 9.80 Å². The number of thioether (sulfide) groups is 2. The summed E-state index contributed by atoms with van der Waals surface area (Å²) in [4.78, 5) is 41.1. The van der Waals surface area contributed by atoms with Crippen molar-refractivity contribution in [2.75, 3.05) is 31.7 Å². The van der Waals surface area contributed by atoms with Gasteiger partial charge in [-0.1, -0.05) is 48.0 Å². The molecule has 11 heteroatoms. The van der Waals surface area contributed by atoms with E-state index in [1.54, 1.807) is 0 Å². The van der Waals surface area contributed by atoms with E-state index in [0.717, 1.165) is 0 Å². The van der Waals surface area contributed by atoms with Gasteiger partial charge in [-0.05, 0) is 12.1 Å². The van der Waals surface area contributed by atoms with E-state index in [1.807, 2.05) is 0 Å². The molecule has 148 valence electrons. The van der Waals surface area contributed by atoms with Crippen LogP contribution in [0.2, 0.25) is 0 Å². The number of hydrogen-bond acceptors (Lipinski definition) is 8. The first-order valence-electron chi connectivity index (χ1n) is 8.28. The monoisotopic (exact) mass is 455 g/mol. The summed E-state index contributed by atoms with van der Waals surface area (Å²) in [7, 11) is 1.47. The van der Waals surface area contributed by atoms with Crippen LogP contribution in [0.25, 0.3) is 0 Å². The van der Waals surface area contributed by atoms with Crippen LogP contribution in [0, 0.1) is 0 Å². The summed E-state index contributed by atoms with van der Waals surface area (Å²) >= 11 is 13.3. The number of methoxy groups -OCH3 is 1. The zero-order valence-corrected chi connectivity index (χ0v) is 18.2. The fourth-order valence-corrected chi connectivity index (χ4v) is 5.35. The number of primary amides is 1. The van der Waals surface area contributed by atoms with Gasteiger partial charge < -0.3 is 10.5 Å². The third-order valence-electron chi connectivity index (χ3n) is 4.30. The zero-order chi connectivity index (χ0) is 20.4. The van der Waals surface area contributed by atoms with Crippen molar-refractivity contribution >= 4 is 74.3 Å². The van der Waals surface area contributed by atoms with E-state index in [9.17, 15) is 14.4 Å². The molecule has 0 bridgehead atoms. The normalized spacial score (nSPS) is 16.8. The number of ether oxygens (including phenoxy) is 1. The average Bonchev–Trinajstić information content (AvgIpc) is 3.28. The zero-order valence-electron chi connectivity index (χ0n) is 14.9. The van der Waals surface area contributed by atoms with Crippen LogP contribution in [0.1, 0.15) is 36.6 Å². The van der Waals surface area contributed by atoms with Crippen LogP contribution >= 0.6 is 48.0 Å². The molecule has 0 spiro atoms. The summed E-state index contributed by atoms with van der Waals surface area (Å²) in [5.74, 6) is -0.0888. The van der Waals surface area contributed by atoms with Gasteiger partial charge in [-0.3, -0.25) is 24.2 Å². The Morgan fingerprint density at radius 1 is 1.04 bits per heavy atom. The Labute approximate surface area is 181 Å². The van der Waals surface area contributed by atoms with Crippen molar-refractivity contribution in [2.45, 2.75) is 6.61 Å². The highest BCUT2D eigenvalue weighted by Gasteiger charge is 2.32. The van der Waals surface area contributed by atoms with Gasteiger partial charge in [0.1, 0.15) is 8.64 Å². The maximum Gasteiger partial charge on any atom is 0.259 e. The van der Waals surface area contributed by atoms with Crippen molar-refractivity contribution < 1.29 is 19.1 Å². The quantitative estimate of drug-likeness (QED) is 0.673. The molecule has 3 amide bonds. The van der Waals surface area contributed by atoms with Crippen molar-refractivity contribution in [3.05, 3.63) is 34.4 Å². The van der Waals surface area contributed by atoms with Gasteiger partial charge in [-0.2, -0.15) is 0 Å². The molecular weight excluding hydrogens is 438 g/mol. The van der Waals surface area contributed by atoms with Gasteiger partial charge in [0.15, 0.2) is 0 Å². The molecule has 1 aromatic carbocycles. The standard InChI is InChI=1S/C17H17N3O4S4/c1-24-8-12-10(14(22)19-2-4-27-16(19)25)6-9(13(18)21)7-11(12)15(23)20-3-5-28-17(20)26/h6-7H,2-5,8H2,1H3,(H2,18,21). The van der Waals surface area contributed by atoms with E-state index in [2.05, 4.69) is 0 Å². The van der Waals surface area contributed by atoms with Gasteiger partial charge >= 0.3 is 0 Å². The molecule has 2 N–H and O–H groups in total. The summed E-state index contributed by atoms with van der Waals surface area (Å²) in [5.41, 5.74) is 6.29. The van der Waals surface area contributed by atoms with Crippen LogP contribution in [0.3, 0.4) is 0 Å². The molecule has 2 aliphatic rings. The van der Waals surface area contributed by atoms with E-state index in [0.29, 0.717) is 38.8 Å². The van der Waals surface area contributed by atoms with E-state index in [1.165, 1.54) is 52.6 Å². The molecule has 2 fully saturated rings. The summed E-state index contributed by atoms with van der Waals surface area (Å²) in [6.07, 6.45) is 0. The lowest BCUT2D eigenvalue weighted by molar-refractivity contribution is 0.0851. The van der Waals surface area contributed by atoms with Gasteiger partial charge in [0.2, 0.25) is 5.91 Å². The summed E-state index contributed by atoms with van der Waals surface area (Å²) in [6.45, 7) is 0.944. The van der Waals surface area contributed by atoms with Gasteiger partial charge in [-0.15, -0.1) is 0 Å². The highest BCUT2D eigenvalue weighted by Crippen LogP contribution is 2.28. The van der Waals surface area contributed by atoms with Crippen LogP contribution in [0.5, 0.6) is 0 Å². The van der Waals surface area contributed by atoms with E-state index < -0.39 is 5.91 Å². The predicted molar refractivity (Wildman–Crippen MR) is 118 cm³/mol. The largest absolute Gasteiger partial charge is 0.380 e. The number of amides is 3. The molecule has 0 radical (unpaired) electrons. The van der Waals surface area contributed by atoms with Crippen LogP contribution in [-0.2, 0) is 11.3 Å². The molecule has 28 heavy (non-hydrogen) atoms. The SMILES string of the molecule is COCc1c(C(=O)N2CCSC2=S)cc(C(N)=O)cc1C(=O)N1CCSC1=S. The van der Waals surface area contributed by atoms with Crippen molar-refractivity contribution in [3.8, 4) is 0 Å². The number of benzene rings is 1. The first kappa shape index (κ1) is 21.2. The number of carbonyl (C=O) groups excluding carboxylic acids is 3. The van der Waals surface area contributed by atoms with Gasteiger partial charge in [0.25, 0.3) is 11.8 Å². The van der Waals surface area contributed by atoms with Crippen molar-refractivity contribution in [3.63, 3.8) is 0 Å². The number of nitrogens with zero attached hydrogens (tertiary/aromatic N) is 2. The number of nitrogens with two attached hydrogens (primary N) is 1. The Hall–Kier alpha value is -1.53. The van der Waals surface area contributed by atoms with Crippen LogP contribution < -0.4 is 5.73 Å². The Morgan fingerprint density at radius 2 is 1.50 bits per heavy atom. The third-order valence-corrected chi connectivity index (χ3v) is 7.15. The molecule has 3 rings (SSSR count). The molecule has 0 unspecified atom stereocenters. The van der Waals surface area contributed by atoms with Gasteiger partial charge in [0, 0.05) is 54.0 Å². The minimum atomic E-state index is -0.733. The fraction of sp³-hybridized carbons (Fsp3) is 0.353. The lowest BCUT2D eigenvalue weighted by Crippen LogP contribution is -2.35. The molecule has 1 aromatic rings. The number of rotatable bonds is 5. The number of carbonyl (C=O) groups is 3. The fourth-order valence-electron chi connectivity index (χ4n) is 2.94. The molecule has 0 aliphatic carbocycles. The maximum absolute atomic E-state index is 13.2. The molecule has 7 nitrogen and oxygen atoms in total. The second-order valence-electron chi connectivity index (χ2n) is 5.99. The third kappa shape index (κ3) is 4.08. The molecule has 0 aromatic heterocycles. The molecule has 0 atom stereocenters. The first-order valence-corrected chi connectivity index (χ1v) is 11.1. The smallest absolute Gasteiger partial charge is 0.259 e. The van der Waals surface area contributed by atoms with Gasteiger partial charge in [0.05, 0.1) is 6.61 Å². The highest BCUT2D eigenvalue weighted by molar-refractivity contribution is 8.23. The molecule has 2 heterocycles. The Bertz CT molecular complexity index is 830. The van der Waals surface area contributed by atoms with Gasteiger partial charge in [-0.25, -0.2) is 0 Å². The summed E-state index contributed by atoms with van der Waals surface area (Å²) < 4.78 is 6.18. The van der Waals surface area contributed by atoms with E-state index >= 15 is 0 Å². The van der Waals surface area contributed by atoms with Crippen molar-refractivity contribution in [1.29, 1.82) is 0 Å². The lowest BCUT2D eigenvalue weighted by atomic mass is 9.95. The lowest BCUT2D eigenvalue weighted by Gasteiger charge is -2.22. The second kappa shape index (κ2) is 8.87. The topological polar surface area (TPSA) is 92.9 Å². The number of hydrogen-bond donors (Lipinski definition) is 1. The number of thiocarbonyl (C=S) groups is 2. The molecule has 2 aliphatic heterocycles. The van der Waals surface area contributed by atoms with Crippen LogP contribution in [0.15, 0.2) is 12.1 Å². The van der Waals surface area contributed by atoms with E-state index in [-0.39, 0.29) is 35.1 Å². The summed E-state index contributed by atoms with van der Waals surface area (Å²) in [5, 5.41) is 0. The first-order chi connectivity index (χ1) is 13.3. The Balaban J connectivity index is 2.14. The van der Waals surface area contributed by atoms with E-state index in [4.69, 9.17) is 34.9 Å². The second-order valence-corrected chi connectivity index (χ2v) is 9.45. The predicted octanol–water partition coefficient (Wildman–Crippen LogP) is 1.88. The molecule has 2 saturated heterocycles. The highest BCUT2D eigenvalue weighted by atomic mass is 32.2. The van der Waals surface area contributed by atoms with Crippen LogP contribution in [-0.4, -0.2) is 67.9 Å². The maximum atomic E-state index is 13.2. The Morgan fingerprint density at radius 3 is 1.82 bits per heavy atom. The van der Waals surface area contributed by atoms with Crippen LogP contribution in [0.4, 0.5) is 0 Å². The minimum absolute atomic E-state index is 0.0165. The minimum Gasteiger partial charge on any atom is -0.380 e. The molecule has 0 saturated carbocycles. The summed E-state index contributed by atoms with van der Waals surface area (Å²) in [6, 6.07) is 2.80.